The molecule has 0 spiro atoms. The largest absolute Gasteiger partial charge is 0.368 e. The van der Waals surface area contributed by atoms with Crippen molar-refractivity contribution in [2.45, 2.75) is 6.54 Å². The number of hydrogen-bond acceptors (Lipinski definition) is 6. The summed E-state index contributed by atoms with van der Waals surface area (Å²) < 4.78 is 44.7. The van der Waals surface area contributed by atoms with Gasteiger partial charge in [0, 0.05) is 55.5 Å². The Labute approximate surface area is 164 Å². The van der Waals surface area contributed by atoms with Gasteiger partial charge in [0.2, 0.25) is 11.1 Å². The fourth-order valence-corrected chi connectivity index (χ4v) is 3.79. The van der Waals surface area contributed by atoms with E-state index in [9.17, 15) is 13.2 Å². The minimum absolute atomic E-state index is 0.0208. The average molecular weight is 405 g/mol. The predicted octanol–water partition coefficient (Wildman–Crippen LogP) is 3.89. The normalized spacial score (nSPS) is 14.4. The van der Waals surface area contributed by atoms with Gasteiger partial charge in [0.25, 0.3) is 0 Å². The number of anilines is 3. The molecule has 3 aromatic rings. The molecule has 0 bridgehead atoms. The van der Waals surface area contributed by atoms with E-state index in [1.54, 1.807) is 12.1 Å². The molecule has 2 heterocycles. The molecule has 5 nitrogen and oxygen atoms in total. The molecule has 4 rings (SSSR count). The molecule has 1 aliphatic heterocycles. The van der Waals surface area contributed by atoms with E-state index in [2.05, 4.69) is 24.5 Å². The van der Waals surface area contributed by atoms with Crippen LogP contribution >= 0.6 is 11.5 Å². The van der Waals surface area contributed by atoms with Gasteiger partial charge in [0.05, 0.1) is 0 Å². The molecule has 0 atom stereocenters. The quantitative estimate of drug-likeness (QED) is 0.698. The number of aromatic nitrogens is 2. The lowest BCUT2D eigenvalue weighted by molar-refractivity contribution is 0.559. The third-order valence-electron chi connectivity index (χ3n) is 4.64. The Balaban J connectivity index is 1.34. The van der Waals surface area contributed by atoms with Crippen molar-refractivity contribution in [2.24, 2.45) is 0 Å². The zero-order valence-electron chi connectivity index (χ0n) is 14.9. The Morgan fingerprint density at radius 1 is 0.893 bits per heavy atom. The summed E-state index contributed by atoms with van der Waals surface area (Å²) in [5.41, 5.74) is 0.958. The lowest BCUT2D eigenvalue weighted by atomic mass is 10.2. The highest BCUT2D eigenvalue weighted by Gasteiger charge is 2.20. The summed E-state index contributed by atoms with van der Waals surface area (Å²) in [5.74, 6) is -1.09. The Kier molecular flexibility index (Phi) is 5.34. The van der Waals surface area contributed by atoms with Crippen LogP contribution in [0.25, 0.3) is 0 Å². The molecule has 1 aliphatic rings. The summed E-state index contributed by atoms with van der Waals surface area (Å²) in [5, 5.41) is 3.64. The maximum Gasteiger partial charge on any atom is 0.236 e. The third-order valence-corrected chi connectivity index (χ3v) is 5.42. The second-order valence-electron chi connectivity index (χ2n) is 6.40. The SMILES string of the molecule is Fc1ccc(N2CCN(c3nc(NCc4c(F)cccc4F)ns3)CC2)cc1. The number of nitrogens with zero attached hydrogens (tertiary/aromatic N) is 4. The second-order valence-corrected chi connectivity index (χ2v) is 7.14. The maximum atomic E-state index is 13.7. The van der Waals surface area contributed by atoms with Gasteiger partial charge in [-0.3, -0.25) is 0 Å². The second kappa shape index (κ2) is 8.05. The molecule has 2 aromatic carbocycles. The van der Waals surface area contributed by atoms with Gasteiger partial charge in [-0.2, -0.15) is 9.36 Å². The van der Waals surface area contributed by atoms with Crippen LogP contribution in [0.5, 0.6) is 0 Å². The molecule has 1 saturated heterocycles. The minimum atomic E-state index is -0.597. The molecule has 0 amide bonds. The standard InChI is InChI=1S/C19H18F3N5S/c20-13-4-6-14(7-5-13)26-8-10-27(11-9-26)19-24-18(25-28-19)23-12-15-16(21)2-1-3-17(15)22/h1-7H,8-12H2,(H,23,25). The summed E-state index contributed by atoms with van der Waals surface area (Å²) >= 11 is 1.25. The Bertz CT molecular complexity index is 919. The van der Waals surface area contributed by atoms with Crippen molar-refractivity contribution in [3.63, 3.8) is 0 Å². The summed E-state index contributed by atoms with van der Waals surface area (Å²) in [7, 11) is 0. The summed E-state index contributed by atoms with van der Waals surface area (Å²) in [6.07, 6.45) is 0. The molecular formula is C19H18F3N5S. The van der Waals surface area contributed by atoms with Gasteiger partial charge >= 0.3 is 0 Å². The fraction of sp³-hybridized carbons (Fsp3) is 0.263. The fourth-order valence-electron chi connectivity index (χ4n) is 3.09. The first kappa shape index (κ1) is 18.5. The van der Waals surface area contributed by atoms with Gasteiger partial charge in [-0.15, -0.1) is 0 Å². The van der Waals surface area contributed by atoms with Crippen molar-refractivity contribution in [1.29, 1.82) is 0 Å². The Morgan fingerprint density at radius 3 is 2.21 bits per heavy atom. The van der Waals surface area contributed by atoms with E-state index in [1.165, 1.54) is 41.9 Å². The zero-order valence-corrected chi connectivity index (χ0v) is 15.7. The first-order valence-electron chi connectivity index (χ1n) is 8.86. The van der Waals surface area contributed by atoms with Gasteiger partial charge < -0.3 is 15.1 Å². The van der Waals surface area contributed by atoms with E-state index in [0.717, 1.165) is 37.0 Å². The van der Waals surface area contributed by atoms with Crippen LogP contribution in [0.3, 0.4) is 0 Å². The molecule has 0 aliphatic carbocycles. The molecule has 1 fully saturated rings. The van der Waals surface area contributed by atoms with Crippen LogP contribution in [0.15, 0.2) is 42.5 Å². The van der Waals surface area contributed by atoms with Crippen LogP contribution in [0.1, 0.15) is 5.56 Å². The van der Waals surface area contributed by atoms with E-state index in [1.807, 2.05) is 0 Å². The lowest BCUT2D eigenvalue weighted by Crippen LogP contribution is -2.46. The van der Waals surface area contributed by atoms with Gasteiger partial charge in [0.1, 0.15) is 17.5 Å². The van der Waals surface area contributed by atoms with Crippen molar-refractivity contribution in [3.05, 3.63) is 65.5 Å². The molecule has 1 aromatic heterocycles. The topological polar surface area (TPSA) is 44.3 Å². The third kappa shape index (κ3) is 4.04. The first-order valence-corrected chi connectivity index (χ1v) is 9.63. The minimum Gasteiger partial charge on any atom is -0.368 e. The van der Waals surface area contributed by atoms with Gasteiger partial charge in [0.15, 0.2) is 0 Å². The average Bonchev–Trinajstić information content (AvgIpc) is 3.17. The molecule has 0 radical (unpaired) electrons. The first-order chi connectivity index (χ1) is 13.6. The molecule has 9 heteroatoms. The predicted molar refractivity (Wildman–Crippen MR) is 104 cm³/mol. The molecule has 0 saturated carbocycles. The van der Waals surface area contributed by atoms with Crippen LogP contribution in [0.2, 0.25) is 0 Å². The van der Waals surface area contributed by atoms with Crippen LogP contribution in [0, 0.1) is 17.5 Å². The van der Waals surface area contributed by atoms with E-state index < -0.39 is 11.6 Å². The van der Waals surface area contributed by atoms with Crippen LogP contribution in [-0.2, 0) is 6.54 Å². The molecule has 146 valence electrons. The van der Waals surface area contributed by atoms with E-state index in [4.69, 9.17) is 0 Å². The molecule has 0 unspecified atom stereocenters. The highest BCUT2D eigenvalue weighted by Crippen LogP contribution is 2.24. The van der Waals surface area contributed by atoms with Gasteiger partial charge in [-0.25, -0.2) is 13.2 Å². The van der Waals surface area contributed by atoms with Crippen molar-refractivity contribution < 1.29 is 13.2 Å². The van der Waals surface area contributed by atoms with Crippen molar-refractivity contribution in [3.8, 4) is 0 Å². The highest BCUT2D eigenvalue weighted by molar-refractivity contribution is 7.09. The van der Waals surface area contributed by atoms with Crippen molar-refractivity contribution in [2.75, 3.05) is 41.3 Å². The summed E-state index contributed by atoms with van der Waals surface area (Å²) in [6.45, 7) is 3.07. The highest BCUT2D eigenvalue weighted by atomic mass is 32.1. The van der Waals surface area contributed by atoms with Crippen molar-refractivity contribution in [1.82, 2.24) is 9.36 Å². The van der Waals surface area contributed by atoms with Crippen molar-refractivity contribution >= 4 is 28.3 Å². The van der Waals surface area contributed by atoms with E-state index in [0.29, 0.717) is 5.95 Å². The van der Waals surface area contributed by atoms with Gasteiger partial charge in [-0.1, -0.05) is 6.07 Å². The number of rotatable bonds is 5. The Hall–Kier alpha value is -2.81. The van der Waals surface area contributed by atoms with Crippen LogP contribution in [-0.4, -0.2) is 35.5 Å². The maximum absolute atomic E-state index is 13.7. The van der Waals surface area contributed by atoms with Crippen LogP contribution < -0.4 is 15.1 Å². The number of benzene rings is 2. The molecule has 1 N–H and O–H groups in total. The number of halogens is 3. The lowest BCUT2D eigenvalue weighted by Gasteiger charge is -2.35. The van der Waals surface area contributed by atoms with E-state index >= 15 is 0 Å². The van der Waals surface area contributed by atoms with E-state index in [-0.39, 0.29) is 17.9 Å². The number of piperazine rings is 1. The molecular weight excluding hydrogens is 387 g/mol. The van der Waals surface area contributed by atoms with Crippen LogP contribution in [0.4, 0.5) is 29.9 Å². The Morgan fingerprint density at radius 2 is 1.54 bits per heavy atom. The number of hydrogen-bond donors (Lipinski definition) is 1. The summed E-state index contributed by atoms with van der Waals surface area (Å²) in [4.78, 5) is 8.74. The smallest absolute Gasteiger partial charge is 0.236 e. The number of nitrogens with one attached hydrogen (secondary N) is 1. The van der Waals surface area contributed by atoms with Gasteiger partial charge in [-0.05, 0) is 36.4 Å². The zero-order chi connectivity index (χ0) is 19.5. The summed E-state index contributed by atoms with van der Waals surface area (Å²) in [6, 6.07) is 10.3. The monoisotopic (exact) mass is 405 g/mol. The molecule has 28 heavy (non-hydrogen) atoms.